The molecule has 4 rings (SSSR count). The lowest BCUT2D eigenvalue weighted by Crippen LogP contribution is -2.74. The first-order valence-corrected chi connectivity index (χ1v) is 12.1. The van der Waals surface area contributed by atoms with Gasteiger partial charge in [-0.1, -0.05) is 0 Å². The number of Topliss-reactive ketones (excluding diaryl/α,β-unsaturated/α-hetero) is 4. The highest BCUT2D eigenvalue weighted by atomic mass is 19.1. The number of nitrogens with two attached hydrogens (primary N) is 1. The average Bonchev–Trinajstić information content (AvgIpc) is 2.76. The third-order valence-corrected chi connectivity index (χ3v) is 7.88. The second-order valence-corrected chi connectivity index (χ2v) is 11.6. The third-order valence-electron chi connectivity index (χ3n) is 7.88. The lowest BCUT2D eigenvalue weighted by atomic mass is 9.52. The fourth-order valence-electron chi connectivity index (χ4n) is 6.20. The fraction of sp³-hybridized carbons (Fsp3) is 0.577. The zero-order chi connectivity index (χ0) is 27.8. The number of halogens is 1. The van der Waals surface area contributed by atoms with E-state index in [0.29, 0.717) is 0 Å². The normalized spacial score (nSPS) is 31.7. The summed E-state index contributed by atoms with van der Waals surface area (Å²) in [6.07, 6.45) is -0.247. The molecule has 0 aromatic heterocycles. The van der Waals surface area contributed by atoms with E-state index in [4.69, 9.17) is 5.73 Å². The number of fused-ring (bicyclic) bond motifs is 3. The fourth-order valence-corrected chi connectivity index (χ4v) is 6.20. The van der Waals surface area contributed by atoms with Crippen LogP contribution in [0.3, 0.4) is 0 Å². The molecular formula is C26H32FN3O7. The van der Waals surface area contributed by atoms with Gasteiger partial charge in [-0.15, -0.1) is 0 Å². The Morgan fingerprint density at radius 2 is 1.84 bits per heavy atom. The van der Waals surface area contributed by atoms with E-state index in [2.05, 4.69) is 5.32 Å². The van der Waals surface area contributed by atoms with Crippen molar-refractivity contribution in [2.45, 2.75) is 57.3 Å². The van der Waals surface area contributed by atoms with Crippen LogP contribution in [0.2, 0.25) is 0 Å². The predicted molar refractivity (Wildman–Crippen MR) is 128 cm³/mol. The van der Waals surface area contributed by atoms with Gasteiger partial charge >= 0.3 is 0 Å². The molecule has 1 aromatic carbocycles. The van der Waals surface area contributed by atoms with Gasteiger partial charge in [-0.3, -0.25) is 28.9 Å². The van der Waals surface area contributed by atoms with E-state index >= 15 is 4.39 Å². The molecule has 0 heterocycles. The number of carbonyl (C=O) groups excluding carboxylic acids is 5. The quantitative estimate of drug-likeness (QED) is 0.399. The Kier molecular flexibility index (Phi) is 6.41. The maximum absolute atomic E-state index is 15.6. The summed E-state index contributed by atoms with van der Waals surface area (Å²) in [4.78, 5) is 66.9. The molecule has 200 valence electrons. The van der Waals surface area contributed by atoms with Gasteiger partial charge < -0.3 is 21.3 Å². The Bertz CT molecular complexity index is 1240. The van der Waals surface area contributed by atoms with Crippen molar-refractivity contribution in [3.63, 3.8) is 0 Å². The molecule has 1 amide bonds. The summed E-state index contributed by atoms with van der Waals surface area (Å²) < 4.78 is 15.6. The molecule has 0 saturated heterocycles. The summed E-state index contributed by atoms with van der Waals surface area (Å²) in [6.45, 7) is 5.76. The number of carbonyl (C=O) groups is 5. The predicted octanol–water partition coefficient (Wildman–Crippen LogP) is -0.106. The van der Waals surface area contributed by atoms with Gasteiger partial charge in [-0.05, 0) is 59.7 Å². The molecule has 11 heteroatoms. The summed E-state index contributed by atoms with van der Waals surface area (Å²) >= 11 is 0. The number of nitrogens with zero attached hydrogens (tertiary/aromatic N) is 1. The topological polar surface area (TPSA) is 167 Å². The van der Waals surface area contributed by atoms with E-state index in [1.807, 2.05) is 20.8 Å². The highest BCUT2D eigenvalue weighted by Crippen LogP contribution is 2.51. The van der Waals surface area contributed by atoms with Gasteiger partial charge in [0.2, 0.25) is 5.91 Å². The van der Waals surface area contributed by atoms with E-state index in [-0.39, 0.29) is 41.6 Å². The molecule has 37 heavy (non-hydrogen) atoms. The van der Waals surface area contributed by atoms with Crippen molar-refractivity contribution in [1.82, 2.24) is 10.2 Å². The van der Waals surface area contributed by atoms with Crippen molar-refractivity contribution in [3.8, 4) is 5.75 Å². The highest BCUT2D eigenvalue weighted by molar-refractivity contribution is 6.32. The number of amides is 1. The summed E-state index contributed by atoms with van der Waals surface area (Å²) in [5, 5.41) is 25.3. The van der Waals surface area contributed by atoms with Gasteiger partial charge in [0.25, 0.3) is 0 Å². The number of likely N-dealkylation sites (N-methyl/N-ethyl adjacent to an activating group) is 1. The molecule has 1 aromatic rings. The molecule has 6 atom stereocenters. The van der Waals surface area contributed by atoms with E-state index in [9.17, 15) is 34.2 Å². The van der Waals surface area contributed by atoms with E-state index in [1.165, 1.54) is 19.0 Å². The van der Waals surface area contributed by atoms with Crippen molar-refractivity contribution >= 4 is 29.0 Å². The molecular weight excluding hydrogens is 485 g/mol. The van der Waals surface area contributed by atoms with Crippen molar-refractivity contribution in [2.75, 3.05) is 14.1 Å². The number of ketones is 4. The Labute approximate surface area is 213 Å². The molecule has 0 bridgehead atoms. The first-order valence-electron chi connectivity index (χ1n) is 12.1. The van der Waals surface area contributed by atoms with Crippen LogP contribution >= 0.6 is 0 Å². The van der Waals surface area contributed by atoms with Gasteiger partial charge in [0.05, 0.1) is 17.5 Å². The Hall–Kier alpha value is -3.02. The minimum Gasteiger partial charge on any atom is -0.507 e. The number of hydrogen-bond donors (Lipinski definition) is 4. The van der Waals surface area contributed by atoms with Crippen LogP contribution < -0.4 is 11.1 Å². The molecule has 3 aliphatic rings. The van der Waals surface area contributed by atoms with Crippen LogP contribution in [0.4, 0.5) is 4.39 Å². The minimum atomic E-state index is -2.80. The number of phenolic OH excluding ortho intramolecular Hbond substituents is 1. The maximum Gasteiger partial charge on any atom is 0.235 e. The van der Waals surface area contributed by atoms with E-state index in [0.717, 1.165) is 6.07 Å². The molecule has 3 aliphatic carbocycles. The van der Waals surface area contributed by atoms with Crippen LogP contribution in [-0.4, -0.2) is 75.4 Å². The van der Waals surface area contributed by atoms with Gasteiger partial charge in [0.1, 0.15) is 11.6 Å². The van der Waals surface area contributed by atoms with E-state index in [1.54, 1.807) is 0 Å². The zero-order valence-corrected chi connectivity index (χ0v) is 21.4. The number of primary amides is 1. The number of rotatable bonds is 4. The molecule has 0 radical (unpaired) electrons. The van der Waals surface area contributed by atoms with Crippen molar-refractivity contribution in [1.29, 1.82) is 0 Å². The van der Waals surface area contributed by atoms with Gasteiger partial charge in [-0.2, -0.15) is 0 Å². The van der Waals surface area contributed by atoms with Crippen LogP contribution in [-0.2, 0) is 32.1 Å². The van der Waals surface area contributed by atoms with Crippen LogP contribution in [0.15, 0.2) is 6.07 Å². The second-order valence-electron chi connectivity index (χ2n) is 11.6. The molecule has 2 saturated carbocycles. The number of phenols is 1. The average molecular weight is 518 g/mol. The van der Waals surface area contributed by atoms with Crippen LogP contribution in [0.25, 0.3) is 0 Å². The first kappa shape index (κ1) is 27.0. The van der Waals surface area contributed by atoms with Crippen molar-refractivity contribution in [2.24, 2.45) is 29.4 Å². The van der Waals surface area contributed by atoms with Gasteiger partial charge in [0, 0.05) is 29.1 Å². The van der Waals surface area contributed by atoms with E-state index < -0.39 is 75.9 Å². The molecule has 6 unspecified atom stereocenters. The largest absolute Gasteiger partial charge is 0.507 e. The number of aliphatic hydroxyl groups is 1. The smallest absolute Gasteiger partial charge is 0.235 e. The number of benzene rings is 1. The standard InChI is InChI=1S/C26H32FN3O7/c1-25(2,3)29-9-11-8-14(31)16-12(18(11)27)6-10-7-13-19(30(4)5)21(33)17(24(28)36)23(35)26(13,37)22(34)15(10)20(16)32/h8,10,13,15,17,19,29,31,37H,6-7,9H2,1-5H3,(H2,28,36). The zero-order valence-electron chi connectivity index (χ0n) is 21.4. The summed E-state index contributed by atoms with van der Waals surface area (Å²) in [5.74, 6) is -12.4. The third kappa shape index (κ3) is 4.00. The van der Waals surface area contributed by atoms with Gasteiger partial charge in [-0.25, -0.2) is 4.39 Å². The van der Waals surface area contributed by atoms with Crippen LogP contribution in [0, 0.1) is 29.5 Å². The lowest BCUT2D eigenvalue weighted by Gasteiger charge is -2.52. The van der Waals surface area contributed by atoms with Crippen LogP contribution in [0.1, 0.15) is 48.7 Å². The SMILES string of the molecule is CN(C)C1C(=O)C(C(N)=O)C(=O)C2(O)C(=O)C3C(=O)c4c(O)cc(CNC(C)(C)C)c(F)c4CC3CC12. The summed E-state index contributed by atoms with van der Waals surface area (Å²) in [6, 6.07) is -0.0758. The Morgan fingerprint density at radius 1 is 1.22 bits per heavy atom. The number of aromatic hydroxyl groups is 1. The molecule has 10 nitrogen and oxygen atoms in total. The Balaban J connectivity index is 1.81. The highest BCUT2D eigenvalue weighted by Gasteiger charge is 2.69. The molecule has 2 fully saturated rings. The van der Waals surface area contributed by atoms with Crippen LogP contribution in [0.5, 0.6) is 5.75 Å². The van der Waals surface area contributed by atoms with Crippen molar-refractivity contribution < 1.29 is 38.6 Å². The number of hydrogen-bond acceptors (Lipinski definition) is 9. The first-order chi connectivity index (χ1) is 17.0. The second kappa shape index (κ2) is 8.78. The molecule has 0 spiro atoms. The lowest BCUT2D eigenvalue weighted by molar-refractivity contribution is -0.181. The molecule has 5 N–H and O–H groups in total. The Morgan fingerprint density at radius 3 is 2.38 bits per heavy atom. The maximum atomic E-state index is 15.6. The summed E-state index contributed by atoms with van der Waals surface area (Å²) in [7, 11) is 3.00. The minimum absolute atomic E-state index is 0.0416. The summed E-state index contributed by atoms with van der Waals surface area (Å²) in [5.41, 5.74) is 1.89. The van der Waals surface area contributed by atoms with Crippen molar-refractivity contribution in [3.05, 3.63) is 28.6 Å². The monoisotopic (exact) mass is 517 g/mol. The molecule has 0 aliphatic heterocycles. The number of nitrogens with one attached hydrogen (secondary N) is 1. The van der Waals surface area contributed by atoms with Gasteiger partial charge in [0.15, 0.2) is 34.7 Å².